The van der Waals surface area contributed by atoms with Crippen LogP contribution < -0.4 is 5.73 Å². The van der Waals surface area contributed by atoms with Crippen molar-refractivity contribution in [1.29, 1.82) is 0 Å². The number of nitrogens with two attached hydrogens (primary N) is 1. The minimum atomic E-state index is 0.182. The summed E-state index contributed by atoms with van der Waals surface area (Å²) in [5.41, 5.74) is 13.5. The molecule has 0 aliphatic carbocycles. The Kier molecular flexibility index (Phi) is 5.19. The molecule has 0 atom stereocenters. The molecule has 0 fully saturated rings. The lowest BCUT2D eigenvalue weighted by atomic mass is 9.87. The summed E-state index contributed by atoms with van der Waals surface area (Å²) in [7, 11) is 0. The van der Waals surface area contributed by atoms with E-state index in [1.807, 2.05) is 0 Å². The molecule has 0 saturated carbocycles. The molecule has 0 aliphatic rings. The van der Waals surface area contributed by atoms with Gasteiger partial charge >= 0.3 is 0 Å². The summed E-state index contributed by atoms with van der Waals surface area (Å²) in [6.07, 6.45) is 1.88. The molecular weight excluding hydrogens is 318 g/mol. The van der Waals surface area contributed by atoms with E-state index in [9.17, 15) is 0 Å². The van der Waals surface area contributed by atoms with E-state index in [-0.39, 0.29) is 5.41 Å². The third-order valence-corrected chi connectivity index (χ3v) is 5.21. The number of imidazole rings is 1. The number of nitrogens with zero attached hydrogens (tertiary/aromatic N) is 2. The van der Waals surface area contributed by atoms with Gasteiger partial charge in [0.1, 0.15) is 5.82 Å². The molecule has 3 heteroatoms. The first-order valence-corrected chi connectivity index (χ1v) is 9.55. The second-order valence-electron chi connectivity index (χ2n) is 8.38. The van der Waals surface area contributed by atoms with Gasteiger partial charge in [0.15, 0.2) is 0 Å². The van der Waals surface area contributed by atoms with Gasteiger partial charge in [-0.3, -0.25) is 0 Å². The highest BCUT2D eigenvalue weighted by molar-refractivity contribution is 5.78. The van der Waals surface area contributed by atoms with Crippen LogP contribution in [0, 0.1) is 13.8 Å². The third kappa shape index (κ3) is 3.83. The first kappa shape index (κ1) is 18.7. The van der Waals surface area contributed by atoms with Crippen molar-refractivity contribution in [2.75, 3.05) is 6.54 Å². The van der Waals surface area contributed by atoms with Crippen LogP contribution in [0.1, 0.15) is 55.3 Å². The number of hydrogen-bond donors (Lipinski definition) is 1. The molecule has 3 aromatic rings. The van der Waals surface area contributed by atoms with Crippen LogP contribution in [0.4, 0.5) is 0 Å². The minimum Gasteiger partial charge on any atom is -0.330 e. The summed E-state index contributed by atoms with van der Waals surface area (Å²) in [6.45, 7) is 12.6. The van der Waals surface area contributed by atoms with Crippen molar-refractivity contribution in [2.24, 2.45) is 5.73 Å². The van der Waals surface area contributed by atoms with Gasteiger partial charge in [-0.25, -0.2) is 4.98 Å². The summed E-state index contributed by atoms with van der Waals surface area (Å²) >= 11 is 0. The highest BCUT2D eigenvalue weighted by Gasteiger charge is 2.15. The molecule has 2 aromatic carbocycles. The Labute approximate surface area is 157 Å². The Balaban J connectivity index is 2.00. The van der Waals surface area contributed by atoms with Crippen LogP contribution in [0.3, 0.4) is 0 Å². The van der Waals surface area contributed by atoms with Crippen LogP contribution in [0.2, 0.25) is 0 Å². The Morgan fingerprint density at radius 2 is 1.65 bits per heavy atom. The molecule has 0 spiro atoms. The maximum absolute atomic E-state index is 5.74. The molecule has 1 heterocycles. The lowest BCUT2D eigenvalue weighted by Gasteiger charge is -2.19. The summed E-state index contributed by atoms with van der Waals surface area (Å²) in [5.74, 6) is 1.13. The standard InChI is InChI=1S/C23H31N3/c1-16-13-20-21(14-17(16)2)26(22(25-20)7-6-12-24)15-18-8-10-19(11-9-18)23(3,4)5/h8-11,13-14H,6-7,12,15,24H2,1-5H3. The molecule has 0 radical (unpaired) electrons. The van der Waals surface area contributed by atoms with E-state index in [2.05, 4.69) is 75.6 Å². The lowest BCUT2D eigenvalue weighted by molar-refractivity contribution is 0.589. The predicted molar refractivity (Wildman–Crippen MR) is 111 cm³/mol. The van der Waals surface area contributed by atoms with Gasteiger partial charge in [-0.2, -0.15) is 0 Å². The fourth-order valence-electron chi connectivity index (χ4n) is 3.35. The quantitative estimate of drug-likeness (QED) is 0.712. The van der Waals surface area contributed by atoms with E-state index in [4.69, 9.17) is 10.7 Å². The number of aryl methyl sites for hydroxylation is 3. The molecule has 2 N–H and O–H groups in total. The third-order valence-electron chi connectivity index (χ3n) is 5.21. The van der Waals surface area contributed by atoms with E-state index in [1.54, 1.807) is 0 Å². The monoisotopic (exact) mass is 349 g/mol. The summed E-state index contributed by atoms with van der Waals surface area (Å²) in [4.78, 5) is 4.91. The molecule has 1 aromatic heterocycles. The van der Waals surface area contributed by atoms with E-state index >= 15 is 0 Å². The molecule has 0 amide bonds. The second-order valence-corrected chi connectivity index (χ2v) is 8.38. The topological polar surface area (TPSA) is 43.8 Å². The molecular formula is C23H31N3. The molecule has 0 bridgehead atoms. The maximum atomic E-state index is 5.74. The average Bonchev–Trinajstić information content (AvgIpc) is 2.90. The molecule has 3 nitrogen and oxygen atoms in total. The van der Waals surface area contributed by atoms with Crippen LogP contribution in [-0.2, 0) is 18.4 Å². The van der Waals surface area contributed by atoms with Crippen LogP contribution in [0.25, 0.3) is 11.0 Å². The highest BCUT2D eigenvalue weighted by atomic mass is 15.1. The van der Waals surface area contributed by atoms with Crippen LogP contribution in [-0.4, -0.2) is 16.1 Å². The van der Waals surface area contributed by atoms with Crippen molar-refractivity contribution in [3.63, 3.8) is 0 Å². The van der Waals surface area contributed by atoms with Gasteiger partial charge in [0.2, 0.25) is 0 Å². The zero-order valence-electron chi connectivity index (χ0n) is 16.8. The summed E-state index contributed by atoms with van der Waals surface area (Å²) in [5, 5.41) is 0. The number of fused-ring (bicyclic) bond motifs is 1. The van der Waals surface area contributed by atoms with Gasteiger partial charge in [-0.1, -0.05) is 45.0 Å². The molecule has 3 rings (SSSR count). The molecule has 26 heavy (non-hydrogen) atoms. The predicted octanol–water partition coefficient (Wildman–Crippen LogP) is 4.89. The van der Waals surface area contributed by atoms with Crippen molar-refractivity contribution in [3.05, 3.63) is 64.5 Å². The molecule has 0 aliphatic heterocycles. The normalized spacial score (nSPS) is 12.1. The Morgan fingerprint density at radius 3 is 2.27 bits per heavy atom. The number of aromatic nitrogens is 2. The first-order valence-electron chi connectivity index (χ1n) is 9.55. The average molecular weight is 350 g/mol. The van der Waals surface area contributed by atoms with Crippen molar-refractivity contribution in [2.45, 2.75) is 59.4 Å². The van der Waals surface area contributed by atoms with Crippen molar-refractivity contribution in [1.82, 2.24) is 9.55 Å². The maximum Gasteiger partial charge on any atom is 0.110 e. The van der Waals surface area contributed by atoms with Gasteiger partial charge in [0, 0.05) is 13.0 Å². The zero-order chi connectivity index (χ0) is 18.9. The van der Waals surface area contributed by atoms with Gasteiger partial charge in [-0.05, 0) is 66.6 Å². The molecule has 0 unspecified atom stereocenters. The number of rotatable bonds is 5. The summed E-state index contributed by atoms with van der Waals surface area (Å²) < 4.78 is 2.36. The molecule has 138 valence electrons. The fourth-order valence-corrected chi connectivity index (χ4v) is 3.35. The van der Waals surface area contributed by atoms with Gasteiger partial charge in [-0.15, -0.1) is 0 Å². The SMILES string of the molecule is Cc1cc2nc(CCCN)n(Cc3ccc(C(C)(C)C)cc3)c2cc1C. The Morgan fingerprint density at radius 1 is 1.00 bits per heavy atom. The van der Waals surface area contributed by atoms with Crippen LogP contribution in [0.5, 0.6) is 0 Å². The second kappa shape index (κ2) is 7.24. The van der Waals surface area contributed by atoms with E-state index < -0.39 is 0 Å². The van der Waals surface area contributed by atoms with Crippen molar-refractivity contribution < 1.29 is 0 Å². The first-order chi connectivity index (χ1) is 12.3. The van der Waals surface area contributed by atoms with Crippen LogP contribution in [0.15, 0.2) is 36.4 Å². The van der Waals surface area contributed by atoms with E-state index in [0.29, 0.717) is 6.54 Å². The van der Waals surface area contributed by atoms with Crippen molar-refractivity contribution in [3.8, 4) is 0 Å². The van der Waals surface area contributed by atoms with E-state index in [0.717, 1.165) is 30.7 Å². The van der Waals surface area contributed by atoms with Crippen molar-refractivity contribution >= 4 is 11.0 Å². The van der Waals surface area contributed by atoms with Crippen LogP contribution >= 0.6 is 0 Å². The molecule has 0 saturated heterocycles. The highest BCUT2D eigenvalue weighted by Crippen LogP contribution is 2.25. The number of hydrogen-bond acceptors (Lipinski definition) is 2. The van der Waals surface area contributed by atoms with Gasteiger partial charge in [0.05, 0.1) is 11.0 Å². The fraction of sp³-hybridized carbons (Fsp3) is 0.435. The zero-order valence-corrected chi connectivity index (χ0v) is 16.8. The smallest absolute Gasteiger partial charge is 0.110 e. The Hall–Kier alpha value is -2.13. The van der Waals surface area contributed by atoms with Gasteiger partial charge < -0.3 is 10.3 Å². The number of benzene rings is 2. The summed E-state index contributed by atoms with van der Waals surface area (Å²) in [6, 6.07) is 13.5. The lowest BCUT2D eigenvalue weighted by Crippen LogP contribution is -2.11. The van der Waals surface area contributed by atoms with Gasteiger partial charge in [0.25, 0.3) is 0 Å². The largest absolute Gasteiger partial charge is 0.330 e. The minimum absolute atomic E-state index is 0.182. The van der Waals surface area contributed by atoms with E-state index in [1.165, 1.54) is 27.8 Å². The Bertz CT molecular complexity index is 896.